The van der Waals surface area contributed by atoms with Crippen LogP contribution in [0.2, 0.25) is 0 Å². The molecular weight excluding hydrogens is 341 g/mol. The Kier molecular flexibility index (Phi) is 8.87. The molecule has 1 aromatic rings. The zero-order valence-corrected chi connectivity index (χ0v) is 13.9. The maximum atomic E-state index is 5.25. The Balaban J connectivity index is 0.00000289. The second-order valence-corrected chi connectivity index (χ2v) is 4.45. The molecule has 0 bridgehead atoms. The highest BCUT2D eigenvalue weighted by molar-refractivity contribution is 14.0. The van der Waals surface area contributed by atoms with Crippen LogP contribution in [0.3, 0.4) is 0 Å². The first-order valence-electron chi connectivity index (χ1n) is 6.20. The Morgan fingerprint density at radius 2 is 2.11 bits per heavy atom. The van der Waals surface area contributed by atoms with Gasteiger partial charge in [-0.25, -0.2) is 4.99 Å². The largest absolute Gasteiger partial charge is 0.467 e. The van der Waals surface area contributed by atoms with Crippen LogP contribution in [-0.4, -0.2) is 18.5 Å². The summed E-state index contributed by atoms with van der Waals surface area (Å²) in [4.78, 5) is 4.48. The van der Waals surface area contributed by atoms with Crippen molar-refractivity contribution in [1.29, 1.82) is 0 Å². The first-order chi connectivity index (χ1) is 8.13. The van der Waals surface area contributed by atoms with E-state index in [9.17, 15) is 0 Å². The minimum atomic E-state index is 0. The second-order valence-electron chi connectivity index (χ2n) is 4.45. The van der Waals surface area contributed by atoms with Crippen LogP contribution in [-0.2, 0) is 6.54 Å². The second kappa shape index (κ2) is 9.24. The lowest BCUT2D eigenvalue weighted by Crippen LogP contribution is -2.44. The van der Waals surface area contributed by atoms with Gasteiger partial charge in [0.15, 0.2) is 5.96 Å². The van der Waals surface area contributed by atoms with Crippen LogP contribution in [0.25, 0.3) is 0 Å². The van der Waals surface area contributed by atoms with Crippen LogP contribution < -0.4 is 10.6 Å². The number of furan rings is 1. The zero-order valence-electron chi connectivity index (χ0n) is 11.6. The standard InChI is InChI=1S/C13H23N3O.HI/c1-5-14-13(16-11(4)10(2)3)15-9-12-7-6-8-17-12;/h6-8,10-11H,5,9H2,1-4H3,(H2,14,15,16);1H. The molecule has 0 saturated carbocycles. The predicted octanol–water partition coefficient (Wildman–Crippen LogP) is 3.00. The van der Waals surface area contributed by atoms with Gasteiger partial charge in [0.05, 0.1) is 6.26 Å². The summed E-state index contributed by atoms with van der Waals surface area (Å²) in [5, 5.41) is 6.61. The van der Waals surface area contributed by atoms with E-state index in [0.717, 1.165) is 18.3 Å². The van der Waals surface area contributed by atoms with Crippen LogP contribution >= 0.6 is 24.0 Å². The van der Waals surface area contributed by atoms with E-state index in [-0.39, 0.29) is 24.0 Å². The monoisotopic (exact) mass is 365 g/mol. The maximum absolute atomic E-state index is 5.25. The molecule has 1 rings (SSSR count). The van der Waals surface area contributed by atoms with Crippen molar-refractivity contribution in [3.8, 4) is 0 Å². The van der Waals surface area contributed by atoms with Crippen LogP contribution in [0.4, 0.5) is 0 Å². The zero-order chi connectivity index (χ0) is 12.7. The molecule has 0 aromatic carbocycles. The Morgan fingerprint density at radius 1 is 1.39 bits per heavy atom. The Morgan fingerprint density at radius 3 is 2.61 bits per heavy atom. The third kappa shape index (κ3) is 6.28. The molecule has 0 aliphatic heterocycles. The highest BCUT2D eigenvalue weighted by atomic mass is 127. The van der Waals surface area contributed by atoms with Crippen molar-refractivity contribution < 1.29 is 4.42 Å². The fraction of sp³-hybridized carbons (Fsp3) is 0.615. The van der Waals surface area contributed by atoms with E-state index < -0.39 is 0 Å². The number of nitrogens with zero attached hydrogens (tertiary/aromatic N) is 1. The number of hydrogen-bond acceptors (Lipinski definition) is 2. The average molecular weight is 365 g/mol. The van der Waals surface area contributed by atoms with Gasteiger partial charge in [0.2, 0.25) is 0 Å². The highest BCUT2D eigenvalue weighted by Gasteiger charge is 2.08. The SMILES string of the molecule is CCNC(=NCc1ccco1)NC(C)C(C)C.I. The number of halogens is 1. The molecule has 5 heteroatoms. The molecule has 1 heterocycles. The molecule has 0 aliphatic carbocycles. The molecule has 0 saturated heterocycles. The number of rotatable bonds is 5. The molecule has 0 spiro atoms. The van der Waals surface area contributed by atoms with Gasteiger partial charge in [0, 0.05) is 12.6 Å². The van der Waals surface area contributed by atoms with E-state index in [1.54, 1.807) is 6.26 Å². The molecule has 0 radical (unpaired) electrons. The summed E-state index contributed by atoms with van der Waals surface area (Å²) in [6, 6.07) is 4.20. The normalized spacial score (nSPS) is 13.1. The van der Waals surface area contributed by atoms with E-state index in [1.807, 2.05) is 12.1 Å². The van der Waals surface area contributed by atoms with Gasteiger partial charge in [-0.3, -0.25) is 0 Å². The summed E-state index contributed by atoms with van der Waals surface area (Å²) in [6.07, 6.45) is 1.67. The predicted molar refractivity (Wildman–Crippen MR) is 86.4 cm³/mol. The topological polar surface area (TPSA) is 49.6 Å². The number of guanidine groups is 1. The maximum Gasteiger partial charge on any atom is 0.191 e. The third-order valence-corrected chi connectivity index (χ3v) is 2.68. The van der Waals surface area contributed by atoms with Crippen molar-refractivity contribution in [2.75, 3.05) is 6.54 Å². The summed E-state index contributed by atoms with van der Waals surface area (Å²) in [5.74, 6) is 2.28. The molecular formula is C13H24IN3O. The van der Waals surface area contributed by atoms with Crippen molar-refractivity contribution >= 4 is 29.9 Å². The molecule has 0 aliphatic rings. The van der Waals surface area contributed by atoms with Crippen molar-refractivity contribution in [3.05, 3.63) is 24.2 Å². The van der Waals surface area contributed by atoms with Crippen molar-refractivity contribution in [2.45, 2.75) is 40.3 Å². The van der Waals surface area contributed by atoms with Crippen LogP contribution in [0.15, 0.2) is 27.8 Å². The fourth-order valence-corrected chi connectivity index (χ4v) is 1.26. The molecule has 0 fully saturated rings. The molecule has 4 nitrogen and oxygen atoms in total. The first-order valence-corrected chi connectivity index (χ1v) is 6.20. The van der Waals surface area contributed by atoms with Crippen LogP contribution in [0.5, 0.6) is 0 Å². The summed E-state index contributed by atoms with van der Waals surface area (Å²) < 4.78 is 5.25. The van der Waals surface area contributed by atoms with Gasteiger partial charge in [-0.15, -0.1) is 24.0 Å². The van der Waals surface area contributed by atoms with Gasteiger partial charge >= 0.3 is 0 Å². The van der Waals surface area contributed by atoms with Gasteiger partial charge in [-0.2, -0.15) is 0 Å². The number of aliphatic imine (C=N–C) groups is 1. The van der Waals surface area contributed by atoms with Gasteiger partial charge in [-0.1, -0.05) is 13.8 Å². The average Bonchev–Trinajstić information content (AvgIpc) is 2.78. The minimum absolute atomic E-state index is 0. The van der Waals surface area contributed by atoms with E-state index in [1.165, 1.54) is 0 Å². The lowest BCUT2D eigenvalue weighted by molar-refractivity contribution is 0.478. The quantitative estimate of drug-likeness (QED) is 0.479. The van der Waals surface area contributed by atoms with Crippen LogP contribution in [0.1, 0.15) is 33.5 Å². The molecule has 104 valence electrons. The highest BCUT2D eigenvalue weighted by Crippen LogP contribution is 2.02. The molecule has 1 aromatic heterocycles. The molecule has 18 heavy (non-hydrogen) atoms. The lowest BCUT2D eigenvalue weighted by Gasteiger charge is -2.20. The third-order valence-electron chi connectivity index (χ3n) is 2.68. The van der Waals surface area contributed by atoms with Crippen molar-refractivity contribution in [2.24, 2.45) is 10.9 Å². The van der Waals surface area contributed by atoms with Gasteiger partial charge in [0.1, 0.15) is 12.3 Å². The smallest absolute Gasteiger partial charge is 0.191 e. The molecule has 1 unspecified atom stereocenters. The van der Waals surface area contributed by atoms with Gasteiger partial charge in [0.25, 0.3) is 0 Å². The lowest BCUT2D eigenvalue weighted by atomic mass is 10.1. The Labute approximate surface area is 127 Å². The summed E-state index contributed by atoms with van der Waals surface area (Å²) in [5.41, 5.74) is 0. The Bertz CT molecular complexity index is 336. The van der Waals surface area contributed by atoms with E-state index >= 15 is 0 Å². The number of nitrogens with one attached hydrogen (secondary N) is 2. The van der Waals surface area contributed by atoms with Gasteiger partial charge < -0.3 is 15.1 Å². The molecule has 2 N–H and O–H groups in total. The first kappa shape index (κ1) is 17.3. The fourth-order valence-electron chi connectivity index (χ4n) is 1.26. The molecule has 0 amide bonds. The van der Waals surface area contributed by atoms with E-state index in [2.05, 4.69) is 43.3 Å². The van der Waals surface area contributed by atoms with Gasteiger partial charge in [-0.05, 0) is 31.9 Å². The van der Waals surface area contributed by atoms with E-state index in [4.69, 9.17) is 4.42 Å². The van der Waals surface area contributed by atoms with E-state index in [0.29, 0.717) is 18.5 Å². The minimum Gasteiger partial charge on any atom is -0.467 e. The number of hydrogen-bond donors (Lipinski definition) is 2. The molecule has 1 atom stereocenters. The Hall–Kier alpha value is -0.720. The van der Waals surface area contributed by atoms with Crippen LogP contribution in [0, 0.1) is 5.92 Å². The summed E-state index contributed by atoms with van der Waals surface area (Å²) >= 11 is 0. The summed E-state index contributed by atoms with van der Waals surface area (Å²) in [7, 11) is 0. The van der Waals surface area contributed by atoms with Crippen molar-refractivity contribution in [3.63, 3.8) is 0 Å². The summed E-state index contributed by atoms with van der Waals surface area (Å²) in [6.45, 7) is 10.0. The van der Waals surface area contributed by atoms with Crippen molar-refractivity contribution in [1.82, 2.24) is 10.6 Å².